The van der Waals surface area contributed by atoms with Crippen LogP contribution in [0.15, 0.2) is 36.4 Å². The van der Waals surface area contributed by atoms with E-state index in [1.165, 1.54) is 0 Å². The second-order valence-electron chi connectivity index (χ2n) is 6.01. The van der Waals surface area contributed by atoms with Crippen molar-refractivity contribution in [2.45, 2.75) is 20.8 Å². The van der Waals surface area contributed by atoms with Gasteiger partial charge in [0.2, 0.25) is 5.95 Å². The van der Waals surface area contributed by atoms with Gasteiger partial charge in [-0.05, 0) is 50.1 Å². The zero-order valence-corrected chi connectivity index (χ0v) is 14.5. The summed E-state index contributed by atoms with van der Waals surface area (Å²) in [5.41, 5.74) is 3.35. The van der Waals surface area contributed by atoms with Crippen LogP contribution in [0.3, 0.4) is 0 Å². The molecule has 0 fully saturated rings. The second kappa shape index (κ2) is 7.03. The highest BCUT2D eigenvalue weighted by Crippen LogP contribution is 2.25. The number of nitrogens with one attached hydrogen (secondary N) is 2. The lowest BCUT2D eigenvalue weighted by Gasteiger charge is -2.12. The topological polar surface area (TPSA) is 49.8 Å². The largest absolute Gasteiger partial charge is 0.338 e. The molecule has 0 radical (unpaired) electrons. The first-order valence-corrected chi connectivity index (χ1v) is 7.94. The summed E-state index contributed by atoms with van der Waals surface area (Å²) in [5, 5.41) is 5.79. The highest BCUT2D eigenvalue weighted by molar-refractivity contribution is 5.63. The molecule has 0 amide bonds. The number of hydrogen-bond acceptors (Lipinski definition) is 4. The minimum atomic E-state index is -1.53. The third-order valence-corrected chi connectivity index (χ3v) is 3.79. The molecule has 26 heavy (non-hydrogen) atoms. The molecule has 0 saturated heterocycles. The Morgan fingerprint density at radius 3 is 2.31 bits per heavy atom. The van der Waals surface area contributed by atoms with Crippen molar-refractivity contribution in [2.75, 3.05) is 10.6 Å². The monoisotopic (exact) mass is 358 g/mol. The third-order valence-electron chi connectivity index (χ3n) is 3.79. The Hall–Kier alpha value is -3.09. The van der Waals surface area contributed by atoms with E-state index in [9.17, 15) is 13.2 Å². The highest BCUT2D eigenvalue weighted by Gasteiger charge is 2.14. The summed E-state index contributed by atoms with van der Waals surface area (Å²) in [4.78, 5) is 8.58. The Balaban J connectivity index is 1.91. The highest BCUT2D eigenvalue weighted by atomic mass is 19.2. The summed E-state index contributed by atoms with van der Waals surface area (Å²) in [6, 6.07) is 9.48. The first kappa shape index (κ1) is 17.7. The van der Waals surface area contributed by atoms with Gasteiger partial charge in [0.25, 0.3) is 0 Å². The molecule has 1 heterocycles. The van der Waals surface area contributed by atoms with Gasteiger partial charge in [-0.2, -0.15) is 4.98 Å². The zero-order chi connectivity index (χ0) is 18.8. The molecule has 2 aromatic carbocycles. The predicted molar refractivity (Wildman–Crippen MR) is 95.6 cm³/mol. The first-order valence-electron chi connectivity index (χ1n) is 7.94. The maximum atomic E-state index is 13.9. The molecule has 0 aliphatic rings. The second-order valence-corrected chi connectivity index (χ2v) is 6.01. The summed E-state index contributed by atoms with van der Waals surface area (Å²) >= 11 is 0. The van der Waals surface area contributed by atoms with Crippen LogP contribution in [-0.2, 0) is 0 Å². The predicted octanol–water partition coefficient (Wildman–Crippen LogP) is 5.31. The van der Waals surface area contributed by atoms with Crippen LogP contribution in [0.25, 0.3) is 0 Å². The van der Waals surface area contributed by atoms with E-state index in [0.29, 0.717) is 11.6 Å². The van der Waals surface area contributed by atoms with Crippen LogP contribution < -0.4 is 10.6 Å². The Kier molecular flexibility index (Phi) is 4.79. The number of rotatable bonds is 4. The molecule has 3 aromatic rings. The van der Waals surface area contributed by atoms with E-state index in [0.717, 1.165) is 28.9 Å². The standard InChI is InChI=1S/C19H17F3N4/c1-10-4-5-11(2)15(8-10)25-19-23-12(3)9-16(26-19)24-14-7-6-13(20)17(21)18(14)22/h4-9H,1-3H3,(H2,23,24,25,26). The van der Waals surface area contributed by atoms with Gasteiger partial charge in [-0.1, -0.05) is 12.1 Å². The number of aryl methyl sites for hydroxylation is 3. The minimum Gasteiger partial charge on any atom is -0.338 e. The van der Waals surface area contributed by atoms with Gasteiger partial charge in [0.1, 0.15) is 5.82 Å². The van der Waals surface area contributed by atoms with Crippen molar-refractivity contribution in [3.05, 3.63) is 70.7 Å². The van der Waals surface area contributed by atoms with Crippen LogP contribution in [0.1, 0.15) is 16.8 Å². The summed E-state index contributed by atoms with van der Waals surface area (Å²) in [5.74, 6) is -3.51. The van der Waals surface area contributed by atoms with Crippen LogP contribution >= 0.6 is 0 Å². The normalized spacial score (nSPS) is 10.7. The lowest BCUT2D eigenvalue weighted by molar-refractivity contribution is 0.449. The summed E-state index contributed by atoms with van der Waals surface area (Å²) in [7, 11) is 0. The maximum absolute atomic E-state index is 13.9. The Bertz CT molecular complexity index is 973. The summed E-state index contributed by atoms with van der Waals surface area (Å²) in [6.07, 6.45) is 0. The van der Waals surface area contributed by atoms with Crippen LogP contribution in [0.5, 0.6) is 0 Å². The van der Waals surface area contributed by atoms with Crippen molar-refractivity contribution in [3.8, 4) is 0 Å². The molecule has 0 bridgehead atoms. The zero-order valence-electron chi connectivity index (χ0n) is 14.5. The maximum Gasteiger partial charge on any atom is 0.229 e. The number of anilines is 4. The third kappa shape index (κ3) is 3.77. The Morgan fingerprint density at radius 1 is 0.769 bits per heavy atom. The quantitative estimate of drug-likeness (QED) is 0.621. The van der Waals surface area contributed by atoms with Gasteiger partial charge in [-0.15, -0.1) is 0 Å². The van der Waals surface area contributed by atoms with E-state index in [-0.39, 0.29) is 11.5 Å². The van der Waals surface area contributed by atoms with Crippen molar-refractivity contribution in [1.29, 1.82) is 0 Å². The Morgan fingerprint density at radius 2 is 1.54 bits per heavy atom. The average Bonchev–Trinajstić information content (AvgIpc) is 2.58. The molecule has 7 heteroatoms. The molecule has 3 rings (SSSR count). The van der Waals surface area contributed by atoms with Crippen LogP contribution in [-0.4, -0.2) is 9.97 Å². The average molecular weight is 358 g/mol. The fraction of sp³-hybridized carbons (Fsp3) is 0.158. The molecule has 4 nitrogen and oxygen atoms in total. The summed E-state index contributed by atoms with van der Waals surface area (Å²) in [6.45, 7) is 5.68. The van der Waals surface area contributed by atoms with Gasteiger partial charge in [-0.3, -0.25) is 0 Å². The SMILES string of the molecule is Cc1ccc(C)c(Nc2nc(C)cc(Nc3ccc(F)c(F)c3F)n2)c1. The molecule has 134 valence electrons. The van der Waals surface area contributed by atoms with Gasteiger partial charge < -0.3 is 10.6 Å². The molecular weight excluding hydrogens is 341 g/mol. The molecule has 0 aliphatic heterocycles. The van der Waals surface area contributed by atoms with Crippen molar-refractivity contribution < 1.29 is 13.2 Å². The minimum absolute atomic E-state index is 0.209. The van der Waals surface area contributed by atoms with Crippen molar-refractivity contribution >= 4 is 23.1 Å². The number of halogens is 3. The number of hydrogen-bond donors (Lipinski definition) is 2. The van der Waals surface area contributed by atoms with Gasteiger partial charge in [0.05, 0.1) is 5.69 Å². The smallest absolute Gasteiger partial charge is 0.229 e. The fourth-order valence-electron chi connectivity index (χ4n) is 2.44. The van der Waals surface area contributed by atoms with Crippen LogP contribution in [0.4, 0.5) is 36.3 Å². The van der Waals surface area contributed by atoms with Gasteiger partial charge in [0, 0.05) is 17.4 Å². The number of nitrogens with zero attached hydrogens (tertiary/aromatic N) is 2. The fourth-order valence-corrected chi connectivity index (χ4v) is 2.44. The molecule has 0 unspecified atom stereocenters. The van der Waals surface area contributed by atoms with Crippen LogP contribution in [0.2, 0.25) is 0 Å². The van der Waals surface area contributed by atoms with E-state index in [4.69, 9.17) is 0 Å². The Labute approximate surface area is 149 Å². The van der Waals surface area contributed by atoms with E-state index in [2.05, 4.69) is 20.6 Å². The van der Waals surface area contributed by atoms with E-state index in [1.54, 1.807) is 13.0 Å². The molecule has 0 spiro atoms. The molecule has 2 N–H and O–H groups in total. The van der Waals surface area contributed by atoms with Gasteiger partial charge >= 0.3 is 0 Å². The molecule has 0 atom stereocenters. The van der Waals surface area contributed by atoms with E-state index >= 15 is 0 Å². The first-order chi connectivity index (χ1) is 12.3. The molecule has 0 aliphatic carbocycles. The molecule has 0 saturated carbocycles. The number of benzene rings is 2. The van der Waals surface area contributed by atoms with Gasteiger partial charge in [-0.25, -0.2) is 18.2 Å². The lowest BCUT2D eigenvalue weighted by atomic mass is 10.1. The molecular formula is C19H17F3N4. The van der Waals surface area contributed by atoms with E-state index < -0.39 is 17.5 Å². The molecule has 1 aromatic heterocycles. The van der Waals surface area contributed by atoms with E-state index in [1.807, 2.05) is 32.0 Å². The number of aromatic nitrogens is 2. The van der Waals surface area contributed by atoms with Crippen molar-refractivity contribution in [3.63, 3.8) is 0 Å². The van der Waals surface area contributed by atoms with Crippen LogP contribution in [0, 0.1) is 38.2 Å². The van der Waals surface area contributed by atoms with Gasteiger partial charge in [0.15, 0.2) is 17.5 Å². The van der Waals surface area contributed by atoms with Crippen molar-refractivity contribution in [1.82, 2.24) is 9.97 Å². The summed E-state index contributed by atoms with van der Waals surface area (Å²) < 4.78 is 40.3. The lowest BCUT2D eigenvalue weighted by Crippen LogP contribution is -2.05. The van der Waals surface area contributed by atoms with Crippen molar-refractivity contribution in [2.24, 2.45) is 0 Å².